The molecule has 20 aromatic carbocycles. The molecule has 0 aliphatic rings. The van der Waals surface area contributed by atoms with Gasteiger partial charge in [0.1, 0.15) is 0 Å². The van der Waals surface area contributed by atoms with E-state index in [0.717, 1.165) is 160 Å². The molecule has 0 radical (unpaired) electrons. The van der Waals surface area contributed by atoms with Gasteiger partial charge in [-0.05, 0) is 164 Å². The molecule has 0 fully saturated rings. The van der Waals surface area contributed by atoms with Gasteiger partial charge in [-0.2, -0.15) is 0 Å². The normalized spacial score (nSPS) is 11.3. The average Bonchev–Trinajstić information content (AvgIpc) is 0.743. The largest absolute Gasteiger partial charge is 0.256 e. The van der Waals surface area contributed by atoms with Crippen LogP contribution in [-0.2, 0) is 0 Å². The van der Waals surface area contributed by atoms with Crippen LogP contribution in [0.25, 0.3) is 255 Å². The van der Waals surface area contributed by atoms with Crippen molar-refractivity contribution in [2.75, 3.05) is 0 Å². The Morgan fingerprint density at radius 2 is 0.312 bits per heavy atom. The second-order valence-corrected chi connectivity index (χ2v) is 34.3. The van der Waals surface area contributed by atoms with Crippen molar-refractivity contribution in [3.8, 4) is 158 Å². The second kappa shape index (κ2) is 36.4. The van der Waals surface area contributed by atoms with Gasteiger partial charge in [0.2, 0.25) is 0 Å². The van der Waals surface area contributed by atoms with Gasteiger partial charge in [0.15, 0.2) is 52.4 Å². The summed E-state index contributed by atoms with van der Waals surface area (Å²) in [5.74, 6) is 5.75. The smallest absolute Gasteiger partial charge is 0.164 e. The maximum absolute atomic E-state index is 5.28. The highest BCUT2D eigenvalue weighted by Crippen LogP contribution is 2.41. The topological polar surface area (TPSA) is 155 Å². The number of fused-ring (bicyclic) bond motifs is 11. The van der Waals surface area contributed by atoms with E-state index in [1.807, 2.05) is 85.3 Å². The Hall–Kier alpha value is -18.8. The summed E-state index contributed by atoms with van der Waals surface area (Å²) in [7, 11) is 0. The number of pyridine rings is 3. The molecule has 644 valence electrons. The number of para-hydroxylation sites is 3. The Morgan fingerprint density at radius 3 is 0.630 bits per heavy atom. The molecule has 0 atom stereocenters. The van der Waals surface area contributed by atoms with E-state index < -0.39 is 0 Å². The quantitative estimate of drug-likeness (QED) is 0.0952. The first-order valence-corrected chi connectivity index (χ1v) is 46.1. The van der Waals surface area contributed by atoms with Gasteiger partial charge >= 0.3 is 0 Å². The van der Waals surface area contributed by atoms with Crippen LogP contribution in [-0.4, -0.2) is 59.8 Å². The maximum Gasteiger partial charge on any atom is 0.164 e. The van der Waals surface area contributed by atoms with E-state index in [2.05, 4.69) is 415 Å². The third-order valence-electron chi connectivity index (χ3n) is 25.6. The second-order valence-electron chi connectivity index (χ2n) is 34.3. The van der Waals surface area contributed by atoms with Crippen molar-refractivity contribution in [3.63, 3.8) is 0 Å². The lowest BCUT2D eigenvalue weighted by atomic mass is 9.96. The monoisotopic (exact) mass is 1760 g/mol. The molecule has 0 aliphatic heterocycles. The van der Waals surface area contributed by atoms with Crippen LogP contribution in [0.4, 0.5) is 0 Å². The summed E-state index contributed by atoms with van der Waals surface area (Å²) in [6, 6.07) is 162. The summed E-state index contributed by atoms with van der Waals surface area (Å²) in [4.78, 5) is 59.5. The van der Waals surface area contributed by atoms with Crippen molar-refractivity contribution >= 4 is 97.3 Å². The Labute approximate surface area is 795 Å². The molecule has 0 saturated carbocycles. The molecule has 6 aromatic heterocycles. The highest BCUT2D eigenvalue weighted by Gasteiger charge is 2.22. The zero-order valence-corrected chi connectivity index (χ0v) is 74.6. The summed E-state index contributed by atoms with van der Waals surface area (Å²) in [5, 5.41) is 17.3. The maximum atomic E-state index is 5.28. The van der Waals surface area contributed by atoms with Crippen molar-refractivity contribution in [2.24, 2.45) is 0 Å². The molecule has 0 unspecified atom stereocenters. The van der Waals surface area contributed by atoms with E-state index >= 15 is 0 Å². The molecule has 26 aromatic rings. The summed E-state index contributed by atoms with van der Waals surface area (Å²) in [5.41, 5.74) is 22.6. The lowest BCUT2D eigenvalue weighted by molar-refractivity contribution is 1.07. The SMILES string of the molecule is c1ccc(-c2ccc(-c3nc(-c4ccc(-c5ccccc5)cc4)nc(-c4ccc(-c5cnc6ccccc6c5)cc4)n3)cc2)cc1.c1ccc2cc(-c3nc(-c4ccc(-c5cnc6ccccc6c5)cc4)nc(-c4ccc5ccccc5c4)n3)ccc2c1.c1ccc2ncc(-c3ccc(-c4nc(-c5cc6ccccc6c6ccccc56)nc(-c5cc6ccccc6c6ccccc56)n4)cc3)cc2c1. The third-order valence-corrected chi connectivity index (χ3v) is 25.6. The van der Waals surface area contributed by atoms with Crippen LogP contribution in [0.5, 0.6) is 0 Å². The number of hydrogen-bond acceptors (Lipinski definition) is 12. The van der Waals surface area contributed by atoms with Crippen LogP contribution in [0.1, 0.15) is 0 Å². The van der Waals surface area contributed by atoms with E-state index in [9.17, 15) is 0 Å². The van der Waals surface area contributed by atoms with Gasteiger partial charge in [-0.1, -0.05) is 406 Å². The molecular weight excluding hydrogens is 1680 g/mol. The van der Waals surface area contributed by atoms with E-state index in [1.54, 1.807) is 0 Å². The zero-order valence-electron chi connectivity index (χ0n) is 74.6. The zero-order chi connectivity index (χ0) is 91.6. The van der Waals surface area contributed by atoms with E-state index in [4.69, 9.17) is 44.9 Å². The van der Waals surface area contributed by atoms with Crippen molar-refractivity contribution in [3.05, 3.63) is 486 Å². The summed E-state index contributed by atoms with van der Waals surface area (Å²) < 4.78 is 0. The molecule has 0 saturated heterocycles. The van der Waals surface area contributed by atoms with Crippen molar-refractivity contribution < 1.29 is 0 Å². The fourth-order valence-corrected chi connectivity index (χ4v) is 18.4. The van der Waals surface area contributed by atoms with Crippen LogP contribution in [0.15, 0.2) is 486 Å². The minimum Gasteiger partial charge on any atom is -0.256 e. The Balaban J connectivity index is 0.000000113. The third kappa shape index (κ3) is 16.8. The van der Waals surface area contributed by atoms with Gasteiger partial charge in [0.05, 0.1) is 16.6 Å². The van der Waals surface area contributed by atoms with Crippen molar-refractivity contribution in [2.45, 2.75) is 0 Å². The lowest BCUT2D eigenvalue weighted by Gasteiger charge is -2.14. The summed E-state index contributed by atoms with van der Waals surface area (Å²) >= 11 is 0. The van der Waals surface area contributed by atoms with Gasteiger partial charge in [-0.3, -0.25) is 15.0 Å². The van der Waals surface area contributed by atoms with Gasteiger partial charge in [-0.25, -0.2) is 44.9 Å². The van der Waals surface area contributed by atoms with Crippen LogP contribution in [0.2, 0.25) is 0 Å². The van der Waals surface area contributed by atoms with E-state index in [0.29, 0.717) is 52.4 Å². The molecule has 0 bridgehead atoms. The predicted molar refractivity (Wildman–Crippen MR) is 567 cm³/mol. The van der Waals surface area contributed by atoms with Crippen LogP contribution in [0, 0.1) is 0 Å². The first kappa shape index (κ1) is 82.4. The number of aromatic nitrogens is 12. The molecule has 0 amide bonds. The number of nitrogens with zero attached hydrogens (tertiary/aromatic N) is 12. The molecule has 12 nitrogen and oxygen atoms in total. The number of hydrogen-bond donors (Lipinski definition) is 0. The van der Waals surface area contributed by atoms with Crippen LogP contribution >= 0.6 is 0 Å². The van der Waals surface area contributed by atoms with Gasteiger partial charge in [0, 0.05) is 102 Å². The molecular formula is C126H80N12. The lowest BCUT2D eigenvalue weighted by Crippen LogP contribution is -2.01. The van der Waals surface area contributed by atoms with Crippen LogP contribution in [0.3, 0.4) is 0 Å². The highest BCUT2D eigenvalue weighted by molar-refractivity contribution is 6.15. The standard InChI is InChI=1S/C46H28N4.C42H28N4.C38H24N4/c1-4-14-35-31(11-1)26-41(39-18-8-6-16-37(35)39)45-48-44(30-23-21-29(22-24-30)34-25-33-13-3-10-20-43(33)47-28-34)49-46(50-45)42-27-32-12-2-5-15-36(32)38-17-7-9-19-40(38)42;1-3-9-29(10-4-1)31-15-21-34(22-16-31)40-44-41(35-23-17-32(18-24-35)30-11-5-2-6-12-30)46-42(45-40)36-25-19-33(20-26-36)38-27-37-13-7-8-14-39(37)43-28-38;1-3-9-29-21-32(19-15-25(29)7-1)37-40-36(41-38(42-37)33-20-16-26-8-2-4-10-30(26)22-33)28-17-13-27(14-18-28)34-23-31-11-5-6-12-35(31)39-24-34/h1-28H;1-28H;1-24H. The fourth-order valence-electron chi connectivity index (χ4n) is 18.4. The molecule has 0 aliphatic carbocycles. The van der Waals surface area contributed by atoms with Gasteiger partial charge in [0.25, 0.3) is 0 Å². The Bertz CT molecular complexity index is 8780. The summed E-state index contributed by atoms with van der Waals surface area (Å²) in [6.07, 6.45) is 5.79. The minimum atomic E-state index is 0.627. The molecule has 0 N–H and O–H groups in total. The van der Waals surface area contributed by atoms with Crippen LogP contribution < -0.4 is 0 Å². The first-order valence-electron chi connectivity index (χ1n) is 46.1. The van der Waals surface area contributed by atoms with E-state index in [-0.39, 0.29) is 0 Å². The molecule has 26 rings (SSSR count). The Kier molecular flexibility index (Phi) is 21.7. The predicted octanol–water partition coefficient (Wildman–Crippen LogP) is 31.5. The average molecular weight is 1760 g/mol. The number of benzene rings is 20. The van der Waals surface area contributed by atoms with E-state index in [1.165, 1.54) is 43.4 Å². The van der Waals surface area contributed by atoms with Gasteiger partial charge in [-0.15, -0.1) is 0 Å². The molecule has 138 heavy (non-hydrogen) atoms. The van der Waals surface area contributed by atoms with Gasteiger partial charge < -0.3 is 0 Å². The Morgan fingerprint density at radius 1 is 0.109 bits per heavy atom. The highest BCUT2D eigenvalue weighted by atomic mass is 15.1. The molecule has 12 heteroatoms. The first-order chi connectivity index (χ1) is 68.3. The minimum absolute atomic E-state index is 0.627. The fraction of sp³-hybridized carbons (Fsp3) is 0. The molecule has 6 heterocycles. The summed E-state index contributed by atoms with van der Waals surface area (Å²) in [6.45, 7) is 0. The van der Waals surface area contributed by atoms with Crippen molar-refractivity contribution in [1.82, 2.24) is 59.8 Å². The molecule has 0 spiro atoms. The number of rotatable bonds is 14. The van der Waals surface area contributed by atoms with Crippen molar-refractivity contribution in [1.29, 1.82) is 0 Å².